The summed E-state index contributed by atoms with van der Waals surface area (Å²) >= 11 is 0. The van der Waals surface area contributed by atoms with E-state index < -0.39 is 11.7 Å². The summed E-state index contributed by atoms with van der Waals surface area (Å²) in [6, 6.07) is 16.3. The van der Waals surface area contributed by atoms with Crippen molar-refractivity contribution >= 4 is 16.6 Å². The standard InChI is InChI=1S/C24H26F3N3/c1-29(20(17-30-13-5-6-14-30)15-18-7-3-2-4-8-18)23-11-12-28-22-16-19(24(25,26)27)9-10-21(22)23/h2-4,7-12,16,20H,5-6,13-15,17H2,1H3. The minimum absolute atomic E-state index is 0.207. The number of pyridine rings is 1. The van der Waals surface area contributed by atoms with Gasteiger partial charge in [0.2, 0.25) is 0 Å². The molecule has 0 spiro atoms. The summed E-state index contributed by atoms with van der Waals surface area (Å²) in [6.07, 6.45) is 0.547. The highest BCUT2D eigenvalue weighted by atomic mass is 19.4. The van der Waals surface area contributed by atoms with Crippen molar-refractivity contribution < 1.29 is 13.2 Å². The molecule has 3 aromatic rings. The molecule has 2 aromatic carbocycles. The average molecular weight is 413 g/mol. The molecule has 3 nitrogen and oxygen atoms in total. The molecule has 1 unspecified atom stereocenters. The van der Waals surface area contributed by atoms with Crippen molar-refractivity contribution in [2.24, 2.45) is 0 Å². The van der Waals surface area contributed by atoms with Crippen LogP contribution < -0.4 is 4.90 Å². The highest BCUT2D eigenvalue weighted by Gasteiger charge is 2.31. The van der Waals surface area contributed by atoms with Crippen LogP contribution in [0.25, 0.3) is 10.9 Å². The maximum atomic E-state index is 13.1. The second-order valence-electron chi connectivity index (χ2n) is 8.02. The van der Waals surface area contributed by atoms with E-state index in [1.165, 1.54) is 18.4 Å². The van der Waals surface area contributed by atoms with Gasteiger partial charge in [0.25, 0.3) is 0 Å². The average Bonchev–Trinajstić information content (AvgIpc) is 3.25. The van der Waals surface area contributed by atoms with Crippen molar-refractivity contribution in [2.45, 2.75) is 31.5 Å². The van der Waals surface area contributed by atoms with Crippen LogP contribution in [-0.4, -0.2) is 42.6 Å². The van der Waals surface area contributed by atoms with E-state index in [1.807, 2.05) is 31.3 Å². The van der Waals surface area contributed by atoms with Crippen molar-refractivity contribution in [3.8, 4) is 0 Å². The molecule has 0 aliphatic carbocycles. The molecule has 30 heavy (non-hydrogen) atoms. The van der Waals surface area contributed by atoms with Gasteiger partial charge in [0.15, 0.2) is 0 Å². The van der Waals surface area contributed by atoms with Crippen LogP contribution in [-0.2, 0) is 12.6 Å². The van der Waals surface area contributed by atoms with Crippen molar-refractivity contribution in [2.75, 3.05) is 31.6 Å². The first-order valence-corrected chi connectivity index (χ1v) is 10.4. The van der Waals surface area contributed by atoms with E-state index in [-0.39, 0.29) is 6.04 Å². The highest BCUT2D eigenvalue weighted by Crippen LogP contribution is 2.34. The summed E-state index contributed by atoms with van der Waals surface area (Å²) in [6.45, 7) is 3.13. The number of anilines is 1. The molecule has 0 N–H and O–H groups in total. The van der Waals surface area contributed by atoms with Gasteiger partial charge < -0.3 is 9.80 Å². The van der Waals surface area contributed by atoms with Gasteiger partial charge in [-0.1, -0.05) is 36.4 Å². The lowest BCUT2D eigenvalue weighted by Gasteiger charge is -2.34. The molecule has 1 saturated heterocycles. The lowest BCUT2D eigenvalue weighted by molar-refractivity contribution is -0.137. The molecule has 1 aliphatic rings. The van der Waals surface area contributed by atoms with Gasteiger partial charge in [-0.15, -0.1) is 0 Å². The number of rotatable bonds is 6. The summed E-state index contributed by atoms with van der Waals surface area (Å²) in [5.74, 6) is 0. The fourth-order valence-electron chi connectivity index (χ4n) is 4.29. The summed E-state index contributed by atoms with van der Waals surface area (Å²) < 4.78 is 39.4. The number of likely N-dealkylation sites (tertiary alicyclic amines) is 1. The Bertz CT molecular complexity index is 982. The Morgan fingerprint density at radius 1 is 1.03 bits per heavy atom. The minimum Gasteiger partial charge on any atom is -0.369 e. The number of aromatic nitrogens is 1. The van der Waals surface area contributed by atoms with Crippen LogP contribution in [0, 0.1) is 0 Å². The Morgan fingerprint density at radius 3 is 2.47 bits per heavy atom. The Labute approximate surface area is 175 Å². The molecule has 1 fully saturated rings. The lowest BCUT2D eigenvalue weighted by Crippen LogP contribution is -2.43. The van der Waals surface area contributed by atoms with Gasteiger partial charge in [0.1, 0.15) is 0 Å². The number of hydrogen-bond donors (Lipinski definition) is 0. The first-order chi connectivity index (χ1) is 14.4. The number of nitrogens with zero attached hydrogens (tertiary/aromatic N) is 3. The Balaban J connectivity index is 1.67. The third-order valence-electron chi connectivity index (χ3n) is 5.96. The summed E-state index contributed by atoms with van der Waals surface area (Å²) in [7, 11) is 2.04. The lowest BCUT2D eigenvalue weighted by atomic mass is 10.0. The van der Waals surface area contributed by atoms with E-state index in [4.69, 9.17) is 0 Å². The maximum Gasteiger partial charge on any atom is 0.416 e. The fraction of sp³-hybridized carbons (Fsp3) is 0.375. The maximum absolute atomic E-state index is 13.1. The molecule has 0 saturated carbocycles. The molecule has 4 rings (SSSR count). The van der Waals surface area contributed by atoms with Gasteiger partial charge in [-0.3, -0.25) is 4.98 Å². The number of hydrogen-bond acceptors (Lipinski definition) is 3. The van der Waals surface area contributed by atoms with Crippen LogP contribution >= 0.6 is 0 Å². The first kappa shape index (κ1) is 20.7. The predicted octanol–water partition coefficient (Wildman–Crippen LogP) is 5.40. The van der Waals surface area contributed by atoms with Crippen LogP contribution in [0.15, 0.2) is 60.8 Å². The van der Waals surface area contributed by atoms with Gasteiger partial charge in [-0.2, -0.15) is 13.2 Å². The zero-order valence-electron chi connectivity index (χ0n) is 17.1. The zero-order valence-corrected chi connectivity index (χ0v) is 17.1. The second kappa shape index (κ2) is 8.64. The van der Waals surface area contributed by atoms with Crippen molar-refractivity contribution in [3.05, 3.63) is 71.9 Å². The van der Waals surface area contributed by atoms with Crippen LogP contribution in [0.5, 0.6) is 0 Å². The van der Waals surface area contributed by atoms with Gasteiger partial charge in [0, 0.05) is 36.9 Å². The number of alkyl halides is 3. The van der Waals surface area contributed by atoms with Crippen LogP contribution in [0.1, 0.15) is 24.0 Å². The predicted molar refractivity (Wildman–Crippen MR) is 115 cm³/mol. The number of likely N-dealkylation sites (N-methyl/N-ethyl adjacent to an activating group) is 1. The quantitative estimate of drug-likeness (QED) is 0.540. The molecule has 1 aliphatic heterocycles. The molecule has 1 aromatic heterocycles. The molecular weight excluding hydrogens is 387 g/mol. The summed E-state index contributed by atoms with van der Waals surface area (Å²) in [4.78, 5) is 8.90. The smallest absolute Gasteiger partial charge is 0.369 e. The molecular formula is C24H26F3N3. The summed E-state index contributed by atoms with van der Waals surface area (Å²) in [5.41, 5.74) is 1.87. The summed E-state index contributed by atoms with van der Waals surface area (Å²) in [5, 5.41) is 0.743. The van der Waals surface area contributed by atoms with Gasteiger partial charge >= 0.3 is 6.18 Å². The normalized spacial score (nSPS) is 16.1. The SMILES string of the molecule is CN(c1ccnc2cc(C(F)(F)F)ccc12)C(Cc1ccccc1)CN1CCCC1. The largest absolute Gasteiger partial charge is 0.416 e. The molecule has 1 atom stereocenters. The fourth-order valence-corrected chi connectivity index (χ4v) is 4.29. The number of halogens is 3. The van der Waals surface area contributed by atoms with E-state index >= 15 is 0 Å². The van der Waals surface area contributed by atoms with Crippen LogP contribution in [0.4, 0.5) is 18.9 Å². The van der Waals surface area contributed by atoms with Gasteiger partial charge in [-0.05, 0) is 56.1 Å². The van der Waals surface area contributed by atoms with E-state index in [9.17, 15) is 13.2 Å². The number of fused-ring (bicyclic) bond motifs is 1. The minimum atomic E-state index is -4.37. The third-order valence-corrected chi connectivity index (χ3v) is 5.96. The molecule has 2 heterocycles. The Hall–Kier alpha value is -2.60. The zero-order chi connectivity index (χ0) is 21.1. The number of benzene rings is 2. The second-order valence-corrected chi connectivity index (χ2v) is 8.02. The van der Waals surface area contributed by atoms with Crippen molar-refractivity contribution in [1.82, 2.24) is 9.88 Å². The monoisotopic (exact) mass is 413 g/mol. The molecule has 6 heteroatoms. The van der Waals surface area contributed by atoms with E-state index in [0.717, 1.165) is 49.3 Å². The molecule has 0 bridgehead atoms. The Kier molecular flexibility index (Phi) is 5.95. The molecule has 0 amide bonds. The van der Waals surface area contributed by atoms with Crippen molar-refractivity contribution in [1.29, 1.82) is 0 Å². The molecule has 158 valence electrons. The van der Waals surface area contributed by atoms with Gasteiger partial charge in [-0.25, -0.2) is 0 Å². The highest BCUT2D eigenvalue weighted by molar-refractivity contribution is 5.92. The third kappa shape index (κ3) is 4.59. The van der Waals surface area contributed by atoms with E-state index in [0.29, 0.717) is 5.52 Å². The molecule has 0 radical (unpaired) electrons. The van der Waals surface area contributed by atoms with E-state index in [1.54, 1.807) is 12.3 Å². The van der Waals surface area contributed by atoms with Crippen molar-refractivity contribution in [3.63, 3.8) is 0 Å². The topological polar surface area (TPSA) is 19.4 Å². The Morgan fingerprint density at radius 2 is 1.77 bits per heavy atom. The van der Waals surface area contributed by atoms with Crippen LogP contribution in [0.2, 0.25) is 0 Å². The first-order valence-electron chi connectivity index (χ1n) is 10.4. The van der Waals surface area contributed by atoms with E-state index in [2.05, 4.69) is 26.9 Å². The van der Waals surface area contributed by atoms with Crippen LogP contribution in [0.3, 0.4) is 0 Å². The van der Waals surface area contributed by atoms with Gasteiger partial charge in [0.05, 0.1) is 11.1 Å².